The molecule has 0 amide bonds. The van der Waals surface area contributed by atoms with Gasteiger partial charge in [0.25, 0.3) is 0 Å². The molecular formula is C11H22N2O. The molecule has 0 aromatic rings. The fraction of sp³-hybridized carbons (Fsp3) is 1.00. The molecule has 1 unspecified atom stereocenters. The maximum atomic E-state index is 9.54. The summed E-state index contributed by atoms with van der Waals surface area (Å²) in [5, 5.41) is 9.54. The second-order valence-corrected chi connectivity index (χ2v) is 4.63. The Morgan fingerprint density at radius 2 is 1.86 bits per heavy atom. The summed E-state index contributed by atoms with van der Waals surface area (Å²) in [6, 6.07) is 0.910. The molecule has 3 nitrogen and oxygen atoms in total. The van der Waals surface area contributed by atoms with Crippen LogP contribution in [0.2, 0.25) is 0 Å². The van der Waals surface area contributed by atoms with E-state index in [1.54, 1.807) is 0 Å². The van der Waals surface area contributed by atoms with Crippen molar-refractivity contribution in [2.24, 2.45) is 0 Å². The Balaban J connectivity index is 1.67. The van der Waals surface area contributed by atoms with E-state index in [1.165, 1.54) is 25.9 Å². The Morgan fingerprint density at radius 1 is 1.21 bits per heavy atom. The van der Waals surface area contributed by atoms with Gasteiger partial charge in [0.2, 0.25) is 0 Å². The van der Waals surface area contributed by atoms with Crippen LogP contribution in [0.3, 0.4) is 0 Å². The highest BCUT2D eigenvalue weighted by molar-refractivity contribution is 4.87. The van der Waals surface area contributed by atoms with Crippen LogP contribution in [0.5, 0.6) is 0 Å². The highest BCUT2D eigenvalue weighted by Gasteiger charge is 2.31. The van der Waals surface area contributed by atoms with Crippen molar-refractivity contribution < 1.29 is 5.11 Å². The highest BCUT2D eigenvalue weighted by atomic mass is 16.3. The SMILES string of the molecule is CCC(O)CN1CCN(C2CC2)CC1. The van der Waals surface area contributed by atoms with Crippen molar-refractivity contribution in [1.29, 1.82) is 0 Å². The molecule has 2 fully saturated rings. The van der Waals surface area contributed by atoms with Crippen LogP contribution in [-0.2, 0) is 0 Å². The van der Waals surface area contributed by atoms with Gasteiger partial charge in [-0.2, -0.15) is 0 Å². The van der Waals surface area contributed by atoms with E-state index in [9.17, 15) is 5.11 Å². The van der Waals surface area contributed by atoms with Gasteiger partial charge in [-0.05, 0) is 19.3 Å². The van der Waals surface area contributed by atoms with Crippen molar-refractivity contribution in [3.8, 4) is 0 Å². The van der Waals surface area contributed by atoms with Gasteiger partial charge < -0.3 is 5.11 Å². The minimum Gasteiger partial charge on any atom is -0.392 e. The number of hydrogen-bond acceptors (Lipinski definition) is 3. The summed E-state index contributed by atoms with van der Waals surface area (Å²) < 4.78 is 0. The Labute approximate surface area is 86.7 Å². The van der Waals surface area contributed by atoms with Crippen LogP contribution in [-0.4, -0.2) is 59.8 Å². The van der Waals surface area contributed by atoms with Crippen LogP contribution >= 0.6 is 0 Å². The number of rotatable bonds is 4. The van der Waals surface area contributed by atoms with Crippen molar-refractivity contribution in [2.45, 2.75) is 38.3 Å². The Kier molecular flexibility index (Phi) is 3.42. The van der Waals surface area contributed by atoms with Crippen LogP contribution in [0.25, 0.3) is 0 Å². The van der Waals surface area contributed by atoms with Crippen molar-refractivity contribution in [3.63, 3.8) is 0 Å². The predicted octanol–water partition coefficient (Wildman–Crippen LogP) is 0.537. The quantitative estimate of drug-likeness (QED) is 0.714. The number of aliphatic hydroxyl groups is 1. The Morgan fingerprint density at radius 3 is 2.36 bits per heavy atom. The Hall–Kier alpha value is -0.120. The number of piperazine rings is 1. The lowest BCUT2D eigenvalue weighted by Crippen LogP contribution is -2.49. The van der Waals surface area contributed by atoms with Crippen LogP contribution in [0, 0.1) is 0 Å². The first kappa shape index (κ1) is 10.4. The van der Waals surface area contributed by atoms with Gasteiger partial charge in [0, 0.05) is 38.8 Å². The average molecular weight is 198 g/mol. The molecule has 1 atom stereocenters. The molecule has 3 heteroatoms. The zero-order valence-corrected chi connectivity index (χ0v) is 9.15. The molecule has 0 aromatic heterocycles. The predicted molar refractivity (Wildman–Crippen MR) is 57.3 cm³/mol. The molecule has 1 aliphatic heterocycles. The summed E-state index contributed by atoms with van der Waals surface area (Å²) in [6.45, 7) is 7.63. The van der Waals surface area contributed by atoms with Crippen molar-refractivity contribution in [2.75, 3.05) is 32.7 Å². The lowest BCUT2D eigenvalue weighted by atomic mass is 10.2. The van der Waals surface area contributed by atoms with Crippen molar-refractivity contribution in [1.82, 2.24) is 9.80 Å². The summed E-state index contributed by atoms with van der Waals surface area (Å²) in [5.41, 5.74) is 0. The number of nitrogens with zero attached hydrogens (tertiary/aromatic N) is 2. The van der Waals surface area contributed by atoms with E-state index >= 15 is 0 Å². The number of hydrogen-bond donors (Lipinski definition) is 1. The summed E-state index contributed by atoms with van der Waals surface area (Å²) in [5.74, 6) is 0. The second kappa shape index (κ2) is 4.60. The van der Waals surface area contributed by atoms with Gasteiger partial charge in [0.15, 0.2) is 0 Å². The maximum Gasteiger partial charge on any atom is 0.0664 e. The molecule has 1 heterocycles. The van der Waals surface area contributed by atoms with Crippen LogP contribution in [0.15, 0.2) is 0 Å². The first-order valence-electron chi connectivity index (χ1n) is 5.94. The molecule has 2 rings (SSSR count). The highest BCUT2D eigenvalue weighted by Crippen LogP contribution is 2.27. The van der Waals surface area contributed by atoms with Gasteiger partial charge in [-0.15, -0.1) is 0 Å². The minimum atomic E-state index is -0.123. The average Bonchev–Trinajstić information content (AvgIpc) is 3.02. The lowest BCUT2D eigenvalue weighted by molar-refractivity contribution is 0.0685. The standard InChI is InChI=1S/C11H22N2O/c1-2-11(14)9-12-5-7-13(8-6-12)10-3-4-10/h10-11,14H,2-9H2,1H3. The normalized spacial score (nSPS) is 27.9. The molecule has 1 saturated heterocycles. The summed E-state index contributed by atoms with van der Waals surface area (Å²) in [7, 11) is 0. The van der Waals surface area contributed by atoms with Gasteiger partial charge >= 0.3 is 0 Å². The third kappa shape index (κ3) is 2.69. The molecule has 1 aliphatic carbocycles. The smallest absolute Gasteiger partial charge is 0.0664 e. The second-order valence-electron chi connectivity index (χ2n) is 4.63. The largest absolute Gasteiger partial charge is 0.392 e. The van der Waals surface area contributed by atoms with Gasteiger partial charge in [-0.25, -0.2) is 0 Å². The molecule has 1 N–H and O–H groups in total. The third-order valence-electron chi connectivity index (χ3n) is 3.41. The zero-order chi connectivity index (χ0) is 9.97. The molecule has 0 spiro atoms. The molecule has 1 saturated carbocycles. The zero-order valence-electron chi connectivity index (χ0n) is 9.15. The molecule has 0 aromatic carbocycles. The first-order chi connectivity index (χ1) is 6.79. The lowest BCUT2D eigenvalue weighted by Gasteiger charge is -2.35. The first-order valence-corrected chi connectivity index (χ1v) is 5.94. The van der Waals surface area contributed by atoms with Gasteiger partial charge in [0.05, 0.1) is 6.10 Å². The van der Waals surface area contributed by atoms with E-state index in [-0.39, 0.29) is 6.10 Å². The van der Waals surface area contributed by atoms with Crippen molar-refractivity contribution in [3.05, 3.63) is 0 Å². The van der Waals surface area contributed by atoms with E-state index in [0.717, 1.165) is 32.1 Å². The van der Waals surface area contributed by atoms with Crippen LogP contribution < -0.4 is 0 Å². The van der Waals surface area contributed by atoms with Crippen LogP contribution in [0.4, 0.5) is 0 Å². The van der Waals surface area contributed by atoms with E-state index < -0.39 is 0 Å². The van der Waals surface area contributed by atoms with Crippen LogP contribution in [0.1, 0.15) is 26.2 Å². The molecule has 0 bridgehead atoms. The molecular weight excluding hydrogens is 176 g/mol. The maximum absolute atomic E-state index is 9.54. The Bertz CT molecular complexity index is 174. The molecule has 2 aliphatic rings. The van der Waals surface area contributed by atoms with Crippen molar-refractivity contribution >= 4 is 0 Å². The van der Waals surface area contributed by atoms with E-state index in [1.807, 2.05) is 6.92 Å². The van der Waals surface area contributed by atoms with E-state index in [4.69, 9.17) is 0 Å². The monoisotopic (exact) mass is 198 g/mol. The molecule has 82 valence electrons. The number of β-amino-alcohol motifs (C(OH)–C–C–N with tert-alkyl or cyclic N) is 1. The minimum absolute atomic E-state index is 0.123. The summed E-state index contributed by atoms with van der Waals surface area (Å²) in [6.07, 6.45) is 3.58. The van der Waals surface area contributed by atoms with E-state index in [2.05, 4.69) is 9.80 Å². The third-order valence-corrected chi connectivity index (χ3v) is 3.41. The summed E-state index contributed by atoms with van der Waals surface area (Å²) >= 11 is 0. The van der Waals surface area contributed by atoms with Gasteiger partial charge in [-0.1, -0.05) is 6.92 Å². The number of aliphatic hydroxyl groups excluding tert-OH is 1. The van der Waals surface area contributed by atoms with Gasteiger partial charge in [0.1, 0.15) is 0 Å². The topological polar surface area (TPSA) is 26.7 Å². The van der Waals surface area contributed by atoms with Gasteiger partial charge in [-0.3, -0.25) is 9.80 Å². The fourth-order valence-electron chi connectivity index (χ4n) is 2.18. The van der Waals surface area contributed by atoms with E-state index in [0.29, 0.717) is 0 Å². The fourth-order valence-corrected chi connectivity index (χ4v) is 2.18. The molecule has 14 heavy (non-hydrogen) atoms. The molecule has 0 radical (unpaired) electrons. The summed E-state index contributed by atoms with van der Waals surface area (Å²) in [4.78, 5) is 5.00.